The minimum absolute atomic E-state index is 0.724. The van der Waals surface area contributed by atoms with Crippen LogP contribution < -0.4 is 0 Å². The van der Waals surface area contributed by atoms with Gasteiger partial charge < -0.3 is 9.32 Å². The molecule has 2 heterocycles. The van der Waals surface area contributed by atoms with Crippen LogP contribution in [0.5, 0.6) is 0 Å². The van der Waals surface area contributed by atoms with Gasteiger partial charge in [0.15, 0.2) is 10.9 Å². The van der Waals surface area contributed by atoms with Crippen LogP contribution in [-0.2, 0) is 0 Å². The average molecular weight is 342 g/mol. The molecule has 0 saturated heterocycles. The number of aromatic nitrogens is 3. The minimum atomic E-state index is 0.724. The maximum atomic E-state index is 5.53. The summed E-state index contributed by atoms with van der Waals surface area (Å²) in [5.41, 5.74) is 1.04. The van der Waals surface area contributed by atoms with Crippen molar-refractivity contribution in [3.05, 3.63) is 48.7 Å². The van der Waals surface area contributed by atoms with Gasteiger partial charge in [0.25, 0.3) is 0 Å². The van der Waals surface area contributed by atoms with E-state index < -0.39 is 0 Å². The number of furan rings is 1. The zero-order valence-electron chi connectivity index (χ0n) is 14.1. The molecular weight excluding hydrogens is 320 g/mol. The van der Waals surface area contributed by atoms with E-state index in [9.17, 15) is 0 Å². The number of hydrogen-bond donors (Lipinski definition) is 0. The lowest BCUT2D eigenvalue weighted by molar-refractivity contribution is 0.324. The molecule has 3 aromatic rings. The van der Waals surface area contributed by atoms with Crippen molar-refractivity contribution in [1.82, 2.24) is 19.7 Å². The van der Waals surface area contributed by atoms with Crippen LogP contribution in [0.25, 0.3) is 17.3 Å². The summed E-state index contributed by atoms with van der Waals surface area (Å²) in [5.74, 6) is 2.43. The largest absolute Gasteiger partial charge is 0.461 e. The first-order chi connectivity index (χ1) is 11.8. The highest BCUT2D eigenvalue weighted by Gasteiger charge is 2.17. The second-order valence-corrected chi connectivity index (χ2v) is 6.39. The first-order valence-electron chi connectivity index (χ1n) is 8.23. The predicted molar refractivity (Wildman–Crippen MR) is 97.6 cm³/mol. The molecule has 0 radical (unpaired) electrons. The van der Waals surface area contributed by atoms with Crippen LogP contribution in [0.3, 0.4) is 0 Å². The molecule has 1 aromatic carbocycles. The maximum absolute atomic E-state index is 5.53. The van der Waals surface area contributed by atoms with Crippen LogP contribution in [0.1, 0.15) is 13.8 Å². The van der Waals surface area contributed by atoms with E-state index in [1.54, 1.807) is 18.0 Å². The molecule has 0 spiro atoms. The second kappa shape index (κ2) is 8.17. The van der Waals surface area contributed by atoms with E-state index in [1.807, 2.05) is 30.3 Å². The van der Waals surface area contributed by atoms with E-state index in [2.05, 4.69) is 45.6 Å². The van der Waals surface area contributed by atoms with Gasteiger partial charge in [-0.25, -0.2) is 0 Å². The number of rotatable bonds is 8. The molecule has 0 atom stereocenters. The van der Waals surface area contributed by atoms with Gasteiger partial charge in [0, 0.05) is 18.0 Å². The Morgan fingerprint density at radius 3 is 2.50 bits per heavy atom. The third kappa shape index (κ3) is 3.71. The van der Waals surface area contributed by atoms with E-state index >= 15 is 0 Å². The molecule has 0 saturated carbocycles. The van der Waals surface area contributed by atoms with Crippen molar-refractivity contribution >= 4 is 11.8 Å². The quantitative estimate of drug-likeness (QED) is 0.580. The fourth-order valence-electron chi connectivity index (χ4n) is 2.54. The maximum Gasteiger partial charge on any atom is 0.205 e. The van der Waals surface area contributed by atoms with E-state index in [-0.39, 0.29) is 0 Å². The van der Waals surface area contributed by atoms with Crippen molar-refractivity contribution in [2.45, 2.75) is 19.0 Å². The summed E-state index contributed by atoms with van der Waals surface area (Å²) >= 11 is 1.73. The van der Waals surface area contributed by atoms with Gasteiger partial charge in [0.2, 0.25) is 5.82 Å². The first kappa shape index (κ1) is 16.8. The summed E-state index contributed by atoms with van der Waals surface area (Å²) in [6, 6.07) is 13.9. The molecule has 0 aliphatic rings. The van der Waals surface area contributed by atoms with Crippen LogP contribution >= 0.6 is 11.8 Å². The molecule has 0 bridgehead atoms. The zero-order valence-corrected chi connectivity index (χ0v) is 14.9. The summed E-state index contributed by atoms with van der Waals surface area (Å²) in [6.45, 7) is 7.56. The molecule has 5 nitrogen and oxygen atoms in total. The molecule has 0 aliphatic carbocycles. The van der Waals surface area contributed by atoms with Gasteiger partial charge in [-0.05, 0) is 37.4 Å². The first-order valence-corrected chi connectivity index (χ1v) is 9.22. The van der Waals surface area contributed by atoms with Crippen LogP contribution in [0.15, 0.2) is 58.3 Å². The number of thioether (sulfide) groups is 1. The van der Waals surface area contributed by atoms with Gasteiger partial charge in [-0.15, -0.1) is 10.2 Å². The van der Waals surface area contributed by atoms with Crippen LogP contribution in [0, 0.1) is 0 Å². The zero-order chi connectivity index (χ0) is 16.8. The van der Waals surface area contributed by atoms with Crippen molar-refractivity contribution in [3.8, 4) is 17.3 Å². The van der Waals surface area contributed by atoms with Gasteiger partial charge in [-0.1, -0.05) is 43.8 Å². The van der Waals surface area contributed by atoms with Gasteiger partial charge >= 0.3 is 0 Å². The smallest absolute Gasteiger partial charge is 0.205 e. The van der Waals surface area contributed by atoms with Crippen LogP contribution in [-0.4, -0.2) is 45.1 Å². The van der Waals surface area contributed by atoms with Crippen LogP contribution in [0.2, 0.25) is 0 Å². The van der Waals surface area contributed by atoms with E-state index in [4.69, 9.17) is 4.42 Å². The Balaban J connectivity index is 1.87. The summed E-state index contributed by atoms with van der Waals surface area (Å²) < 4.78 is 7.59. The topological polar surface area (TPSA) is 47.1 Å². The monoisotopic (exact) mass is 342 g/mol. The molecular formula is C18H22N4OS. The molecule has 24 heavy (non-hydrogen) atoms. The van der Waals surface area contributed by atoms with Crippen LogP contribution in [0.4, 0.5) is 0 Å². The Labute approximate surface area is 146 Å². The Morgan fingerprint density at radius 2 is 1.83 bits per heavy atom. The van der Waals surface area contributed by atoms with E-state index in [0.717, 1.165) is 47.8 Å². The summed E-state index contributed by atoms with van der Waals surface area (Å²) in [6.07, 6.45) is 1.66. The Bertz CT molecular complexity index is 736. The van der Waals surface area contributed by atoms with Crippen molar-refractivity contribution < 1.29 is 4.42 Å². The summed E-state index contributed by atoms with van der Waals surface area (Å²) in [4.78, 5) is 2.41. The molecule has 0 N–H and O–H groups in total. The van der Waals surface area contributed by atoms with Gasteiger partial charge in [0.05, 0.1) is 6.26 Å². The lowest BCUT2D eigenvalue weighted by atomic mass is 10.3. The average Bonchev–Trinajstić information content (AvgIpc) is 3.29. The van der Waals surface area contributed by atoms with Crippen molar-refractivity contribution in [3.63, 3.8) is 0 Å². The number of para-hydroxylation sites is 1. The minimum Gasteiger partial charge on any atom is -0.461 e. The van der Waals surface area contributed by atoms with E-state index in [1.165, 1.54) is 0 Å². The van der Waals surface area contributed by atoms with Crippen molar-refractivity contribution in [1.29, 1.82) is 0 Å². The molecule has 0 fully saturated rings. The number of hydrogen-bond acceptors (Lipinski definition) is 5. The highest BCUT2D eigenvalue weighted by atomic mass is 32.2. The third-order valence-electron chi connectivity index (χ3n) is 3.92. The standard InChI is InChI=1S/C18H22N4OS/c1-3-21(4-2)12-14-24-18-20-19-17(16-11-8-13-23-16)22(18)15-9-6-5-7-10-15/h5-11,13H,3-4,12,14H2,1-2H3. The fraction of sp³-hybridized carbons (Fsp3) is 0.333. The molecule has 6 heteroatoms. The van der Waals surface area contributed by atoms with Gasteiger partial charge in [-0.2, -0.15) is 0 Å². The number of nitrogens with zero attached hydrogens (tertiary/aromatic N) is 4. The second-order valence-electron chi connectivity index (χ2n) is 5.33. The lowest BCUT2D eigenvalue weighted by Crippen LogP contribution is -2.25. The highest BCUT2D eigenvalue weighted by molar-refractivity contribution is 7.99. The normalized spacial score (nSPS) is 11.3. The van der Waals surface area contributed by atoms with Crippen molar-refractivity contribution in [2.75, 3.05) is 25.4 Å². The van der Waals surface area contributed by atoms with Gasteiger partial charge in [-0.3, -0.25) is 4.57 Å². The van der Waals surface area contributed by atoms with Gasteiger partial charge in [0.1, 0.15) is 0 Å². The molecule has 126 valence electrons. The lowest BCUT2D eigenvalue weighted by Gasteiger charge is -2.17. The number of benzene rings is 1. The molecule has 0 unspecified atom stereocenters. The molecule has 0 amide bonds. The Morgan fingerprint density at radius 1 is 1.04 bits per heavy atom. The molecule has 3 rings (SSSR count). The van der Waals surface area contributed by atoms with Crippen molar-refractivity contribution in [2.24, 2.45) is 0 Å². The fourth-order valence-corrected chi connectivity index (χ4v) is 3.50. The third-order valence-corrected chi connectivity index (χ3v) is 4.83. The molecule has 2 aromatic heterocycles. The predicted octanol–water partition coefficient (Wildman–Crippen LogP) is 3.96. The Hall–Kier alpha value is -2.05. The summed E-state index contributed by atoms with van der Waals surface area (Å²) in [5, 5.41) is 9.64. The molecule has 0 aliphatic heterocycles. The SMILES string of the molecule is CCN(CC)CCSc1nnc(-c2ccco2)n1-c1ccccc1. The highest BCUT2D eigenvalue weighted by Crippen LogP contribution is 2.28. The summed E-state index contributed by atoms with van der Waals surface area (Å²) in [7, 11) is 0. The Kier molecular flexibility index (Phi) is 5.72. The van der Waals surface area contributed by atoms with E-state index in [0.29, 0.717) is 0 Å².